The molecule has 4 aromatic rings. The molecule has 144 valence electrons. The maximum absolute atomic E-state index is 7.47. The van der Waals surface area contributed by atoms with E-state index in [1.54, 1.807) is 32.3 Å². The summed E-state index contributed by atoms with van der Waals surface area (Å²) < 4.78 is 2.84. The van der Waals surface area contributed by atoms with Crippen LogP contribution < -0.4 is 5.73 Å². The summed E-state index contributed by atoms with van der Waals surface area (Å²) in [7, 11) is 0. The molecule has 0 saturated heterocycles. The normalized spacial score (nSPS) is 11.2. The molecule has 0 radical (unpaired) electrons. The predicted molar refractivity (Wildman–Crippen MR) is 105 cm³/mol. The Morgan fingerprint density at radius 1 is 1.03 bits per heavy atom. The van der Waals surface area contributed by atoms with Gasteiger partial charge in [-0.25, -0.2) is 14.8 Å². The lowest BCUT2D eigenvalue weighted by atomic mass is 10.4. The lowest BCUT2D eigenvalue weighted by molar-refractivity contribution is 0.805. The van der Waals surface area contributed by atoms with E-state index in [0.29, 0.717) is 28.2 Å². The van der Waals surface area contributed by atoms with Gasteiger partial charge in [-0.3, -0.25) is 0 Å². The molecule has 0 aliphatic heterocycles. The largest absolute Gasteiger partial charge is 0.382 e. The third-order valence-electron chi connectivity index (χ3n) is 3.86. The van der Waals surface area contributed by atoms with Gasteiger partial charge < -0.3 is 5.73 Å². The van der Waals surface area contributed by atoms with Crippen LogP contribution in [0.2, 0.25) is 0 Å². The molecule has 12 nitrogen and oxygen atoms in total. The van der Waals surface area contributed by atoms with Gasteiger partial charge in [-0.2, -0.15) is 19.6 Å². The van der Waals surface area contributed by atoms with Gasteiger partial charge in [-0.15, -0.1) is 20.4 Å². The van der Waals surface area contributed by atoms with Gasteiger partial charge in [0.25, 0.3) is 11.6 Å². The first-order valence-corrected chi connectivity index (χ1v) is 9.13. The highest BCUT2D eigenvalue weighted by molar-refractivity contribution is 7.13. The lowest BCUT2D eigenvalue weighted by Gasteiger charge is -2.00. The fourth-order valence-corrected chi connectivity index (χ4v) is 3.18. The zero-order valence-electron chi connectivity index (χ0n) is 15.6. The molecule has 4 aromatic heterocycles. The fraction of sp³-hybridized carbons (Fsp3) is 0.188. The number of hydrogen-bond acceptors (Lipinski definition) is 10. The Labute approximate surface area is 168 Å². The van der Waals surface area contributed by atoms with E-state index in [0.717, 1.165) is 5.01 Å². The summed E-state index contributed by atoms with van der Waals surface area (Å²) in [6, 6.07) is 1.70. The van der Waals surface area contributed by atoms with Crippen molar-refractivity contribution in [2.75, 3.05) is 5.73 Å². The van der Waals surface area contributed by atoms with Crippen molar-refractivity contribution in [3.8, 4) is 11.1 Å². The molecule has 0 amide bonds. The molecule has 0 spiro atoms. The van der Waals surface area contributed by atoms with Gasteiger partial charge in [0.1, 0.15) is 5.01 Å². The maximum atomic E-state index is 7.47. The quantitative estimate of drug-likeness (QED) is 0.405. The van der Waals surface area contributed by atoms with Gasteiger partial charge in [0, 0.05) is 12.4 Å². The highest BCUT2D eigenvalue weighted by Crippen LogP contribution is 2.37. The predicted octanol–water partition coefficient (Wildman–Crippen LogP) is 3.17. The monoisotopic (exact) mass is 406 g/mol. The summed E-state index contributed by atoms with van der Waals surface area (Å²) in [4.78, 5) is 11.8. The Balaban J connectivity index is 1.80. The highest BCUT2D eigenvalue weighted by Gasteiger charge is 2.20. The molecule has 0 aliphatic rings. The van der Waals surface area contributed by atoms with Crippen molar-refractivity contribution in [3.63, 3.8) is 0 Å². The van der Waals surface area contributed by atoms with Gasteiger partial charge in [0.15, 0.2) is 17.3 Å². The number of nitrogen functional groups attached to an aromatic ring is 1. The third kappa shape index (κ3) is 3.21. The van der Waals surface area contributed by atoms with Crippen molar-refractivity contribution >= 4 is 34.3 Å². The Bertz CT molecular complexity index is 1260. The van der Waals surface area contributed by atoms with E-state index in [2.05, 4.69) is 45.4 Å². The number of nitrogens with zero attached hydrogens (tertiary/aromatic N) is 11. The zero-order chi connectivity index (χ0) is 20.5. The molecule has 0 atom stereocenters. The standard InChI is InChI=1S/C16H14N12S/c1-8-11(13(17)27(25-8)15-19-6-5-7-20-15)22-23-14-12(18-4)9(2)26-28(14)16-24-21-10(3)29-16/h5-7H,17H2,1-3H3. The SMILES string of the molecule is [C-]#[N+]c1c(C)nn(-c2nnc(C)s2)c1N=Nc1c(C)nn(-c2ncccn2)c1N. The Morgan fingerprint density at radius 2 is 1.76 bits per heavy atom. The first-order valence-electron chi connectivity index (χ1n) is 8.31. The minimum absolute atomic E-state index is 0.233. The summed E-state index contributed by atoms with van der Waals surface area (Å²) in [6.07, 6.45) is 3.18. The Hall–Kier alpha value is -4.05. The minimum atomic E-state index is 0.233. The number of rotatable bonds is 4. The van der Waals surface area contributed by atoms with Crippen molar-refractivity contribution in [2.24, 2.45) is 10.2 Å². The van der Waals surface area contributed by atoms with Crippen LogP contribution in [0.1, 0.15) is 16.4 Å². The van der Waals surface area contributed by atoms with E-state index < -0.39 is 0 Å². The second kappa shape index (κ2) is 7.17. The van der Waals surface area contributed by atoms with Crippen molar-refractivity contribution in [3.05, 3.63) is 46.3 Å². The summed E-state index contributed by atoms with van der Waals surface area (Å²) in [5.41, 5.74) is 7.87. The maximum Gasteiger partial charge on any atom is 0.255 e. The molecule has 29 heavy (non-hydrogen) atoms. The van der Waals surface area contributed by atoms with Crippen LogP contribution in [0.25, 0.3) is 15.9 Å². The highest BCUT2D eigenvalue weighted by atomic mass is 32.1. The molecule has 2 N–H and O–H groups in total. The second-order valence-corrected chi connectivity index (χ2v) is 7.02. The Morgan fingerprint density at radius 3 is 2.41 bits per heavy atom. The van der Waals surface area contributed by atoms with Crippen molar-refractivity contribution in [1.82, 2.24) is 39.7 Å². The number of hydrogen-bond donors (Lipinski definition) is 1. The molecule has 4 rings (SSSR count). The van der Waals surface area contributed by atoms with Crippen LogP contribution in [-0.4, -0.2) is 39.7 Å². The van der Waals surface area contributed by atoms with Crippen LogP contribution in [0.15, 0.2) is 28.7 Å². The average molecular weight is 406 g/mol. The number of aromatic nitrogens is 8. The summed E-state index contributed by atoms with van der Waals surface area (Å²) >= 11 is 1.33. The van der Waals surface area contributed by atoms with E-state index >= 15 is 0 Å². The Kier molecular flexibility index (Phi) is 4.53. The first-order chi connectivity index (χ1) is 14.0. The van der Waals surface area contributed by atoms with E-state index in [1.807, 2.05) is 6.92 Å². The van der Waals surface area contributed by atoms with E-state index in [1.165, 1.54) is 20.7 Å². The fourth-order valence-electron chi connectivity index (χ4n) is 2.54. The molecule has 4 heterocycles. The van der Waals surface area contributed by atoms with Crippen LogP contribution >= 0.6 is 11.3 Å². The van der Waals surface area contributed by atoms with Gasteiger partial charge in [-0.05, 0) is 26.8 Å². The van der Waals surface area contributed by atoms with Crippen molar-refractivity contribution in [1.29, 1.82) is 0 Å². The van der Waals surface area contributed by atoms with Gasteiger partial charge in [0.2, 0.25) is 5.13 Å². The topological polar surface area (TPSA) is 142 Å². The van der Waals surface area contributed by atoms with Crippen molar-refractivity contribution < 1.29 is 0 Å². The van der Waals surface area contributed by atoms with Crippen LogP contribution in [0, 0.1) is 27.3 Å². The molecule has 0 aromatic carbocycles. The average Bonchev–Trinajstić information content (AvgIpc) is 3.37. The number of anilines is 1. The second-order valence-electron chi connectivity index (χ2n) is 5.86. The molecule has 0 fully saturated rings. The summed E-state index contributed by atoms with van der Waals surface area (Å²) in [5.74, 6) is 0.800. The summed E-state index contributed by atoms with van der Waals surface area (Å²) in [6.45, 7) is 12.8. The van der Waals surface area contributed by atoms with Crippen molar-refractivity contribution in [2.45, 2.75) is 20.8 Å². The number of azo groups is 1. The van der Waals surface area contributed by atoms with E-state index in [9.17, 15) is 0 Å². The first kappa shape index (κ1) is 18.3. The van der Waals surface area contributed by atoms with Crippen LogP contribution in [-0.2, 0) is 0 Å². The smallest absolute Gasteiger partial charge is 0.255 e. The lowest BCUT2D eigenvalue weighted by Crippen LogP contribution is -2.05. The number of nitrogens with two attached hydrogens (primary N) is 1. The molecular formula is C16H14N12S. The van der Waals surface area contributed by atoms with E-state index in [4.69, 9.17) is 12.3 Å². The van der Waals surface area contributed by atoms with Crippen LogP contribution in [0.3, 0.4) is 0 Å². The van der Waals surface area contributed by atoms with E-state index in [-0.39, 0.29) is 17.3 Å². The zero-order valence-corrected chi connectivity index (χ0v) is 16.5. The molecule has 0 unspecified atom stereocenters. The van der Waals surface area contributed by atoms with Gasteiger partial charge >= 0.3 is 0 Å². The molecule has 0 aliphatic carbocycles. The molecule has 13 heteroatoms. The summed E-state index contributed by atoms with van der Waals surface area (Å²) in [5, 5.41) is 26.5. The molecular weight excluding hydrogens is 392 g/mol. The molecule has 0 saturated carbocycles. The van der Waals surface area contributed by atoms with Gasteiger partial charge in [-0.1, -0.05) is 11.3 Å². The number of aryl methyl sites for hydroxylation is 3. The van der Waals surface area contributed by atoms with Gasteiger partial charge in [0.05, 0.1) is 18.0 Å². The minimum Gasteiger partial charge on any atom is -0.382 e. The third-order valence-corrected chi connectivity index (χ3v) is 4.68. The van der Waals surface area contributed by atoms with Crippen LogP contribution in [0.4, 0.5) is 23.0 Å². The van der Waals surface area contributed by atoms with Crippen LogP contribution in [0.5, 0.6) is 0 Å². The molecule has 0 bridgehead atoms.